The first-order valence-corrected chi connectivity index (χ1v) is 6.39. The molecular weight excluding hydrogens is 268 g/mol. The Morgan fingerprint density at radius 3 is 1.95 bits per heavy atom. The molecule has 0 spiro atoms. The third kappa shape index (κ3) is 4.18. The lowest BCUT2D eigenvalue weighted by Gasteiger charge is -2.04. The Kier molecular flexibility index (Phi) is 5.67. The van der Waals surface area contributed by atoms with Crippen LogP contribution < -0.4 is 0 Å². The summed E-state index contributed by atoms with van der Waals surface area (Å²) in [7, 11) is 0. The molecule has 0 amide bonds. The number of phenolic OH excluding ortho intramolecular Hbond substituents is 2. The molecule has 0 aliphatic rings. The highest BCUT2D eigenvalue weighted by atomic mass is 16.3. The second-order valence-corrected chi connectivity index (χ2v) is 4.71. The molecule has 0 radical (unpaired) electrons. The zero-order valence-corrected chi connectivity index (χ0v) is 12.3. The predicted octanol–water partition coefficient (Wildman–Crippen LogP) is 3.33. The number of carbonyl (C=O) groups is 2. The molecule has 4 heteroatoms. The molecule has 0 saturated heterocycles. The lowest BCUT2D eigenvalue weighted by Crippen LogP contribution is -1.89. The highest BCUT2D eigenvalue weighted by Gasteiger charge is 2.03. The van der Waals surface area contributed by atoms with Gasteiger partial charge in [-0.1, -0.05) is 0 Å². The van der Waals surface area contributed by atoms with Gasteiger partial charge in [0, 0.05) is 11.1 Å². The van der Waals surface area contributed by atoms with Crippen molar-refractivity contribution in [1.82, 2.24) is 0 Å². The lowest BCUT2D eigenvalue weighted by atomic mass is 10.0. The predicted molar refractivity (Wildman–Crippen MR) is 81.2 cm³/mol. The highest BCUT2D eigenvalue weighted by Crippen LogP contribution is 2.21. The third-order valence-electron chi connectivity index (χ3n) is 3.28. The zero-order valence-electron chi connectivity index (χ0n) is 12.3. The molecule has 2 rings (SSSR count). The van der Waals surface area contributed by atoms with E-state index < -0.39 is 0 Å². The summed E-state index contributed by atoms with van der Waals surface area (Å²) in [5.74, 6) is 0.471. The van der Waals surface area contributed by atoms with Crippen LogP contribution in [0, 0.1) is 20.8 Å². The number of phenols is 2. The second kappa shape index (κ2) is 7.24. The summed E-state index contributed by atoms with van der Waals surface area (Å²) in [4.78, 5) is 20.6. The number of carbonyl (C=O) groups excluding carboxylic acids is 2. The molecule has 0 bridgehead atoms. The van der Waals surface area contributed by atoms with Gasteiger partial charge in [0.2, 0.25) is 0 Å². The van der Waals surface area contributed by atoms with Crippen molar-refractivity contribution < 1.29 is 19.8 Å². The Labute approximate surface area is 123 Å². The van der Waals surface area contributed by atoms with Gasteiger partial charge in [-0.2, -0.15) is 0 Å². The largest absolute Gasteiger partial charge is 0.508 e. The minimum Gasteiger partial charge on any atom is -0.508 e. The molecule has 0 aliphatic carbocycles. The molecule has 4 nitrogen and oxygen atoms in total. The number of benzene rings is 2. The van der Waals surface area contributed by atoms with E-state index in [2.05, 4.69) is 0 Å². The first kappa shape index (κ1) is 16.4. The van der Waals surface area contributed by atoms with Gasteiger partial charge in [-0.05, 0) is 67.8 Å². The number of aldehydes is 2. The third-order valence-corrected chi connectivity index (χ3v) is 3.28. The van der Waals surface area contributed by atoms with Crippen molar-refractivity contribution in [3.8, 4) is 11.5 Å². The maximum Gasteiger partial charge on any atom is 0.150 e. The molecule has 0 unspecified atom stereocenters. The molecule has 0 atom stereocenters. The lowest BCUT2D eigenvalue weighted by molar-refractivity contribution is 0.111. The van der Waals surface area contributed by atoms with Crippen LogP contribution in [-0.4, -0.2) is 22.8 Å². The average molecular weight is 286 g/mol. The van der Waals surface area contributed by atoms with E-state index in [-0.39, 0.29) is 11.5 Å². The maximum absolute atomic E-state index is 10.4. The quantitative estimate of drug-likeness (QED) is 0.830. The van der Waals surface area contributed by atoms with Crippen LogP contribution in [-0.2, 0) is 0 Å². The van der Waals surface area contributed by atoms with Crippen LogP contribution in [0.4, 0.5) is 0 Å². The van der Waals surface area contributed by atoms with E-state index >= 15 is 0 Å². The van der Waals surface area contributed by atoms with Crippen molar-refractivity contribution in [2.75, 3.05) is 0 Å². The Hall–Kier alpha value is -2.62. The zero-order chi connectivity index (χ0) is 16.0. The van der Waals surface area contributed by atoms with Gasteiger partial charge >= 0.3 is 0 Å². The molecule has 0 aromatic heterocycles. The summed E-state index contributed by atoms with van der Waals surface area (Å²) in [6.07, 6.45) is 1.55. The van der Waals surface area contributed by atoms with Crippen molar-refractivity contribution >= 4 is 12.6 Å². The van der Waals surface area contributed by atoms with E-state index in [9.17, 15) is 14.7 Å². The van der Waals surface area contributed by atoms with E-state index in [0.29, 0.717) is 11.1 Å². The first-order chi connectivity index (χ1) is 9.90. The molecule has 2 aromatic carbocycles. The van der Waals surface area contributed by atoms with Crippen LogP contribution >= 0.6 is 0 Å². The highest BCUT2D eigenvalue weighted by molar-refractivity contribution is 5.78. The summed E-state index contributed by atoms with van der Waals surface area (Å²) in [6.45, 7) is 5.36. The molecule has 2 aromatic rings. The fraction of sp³-hybridized carbons (Fsp3) is 0.176. The first-order valence-electron chi connectivity index (χ1n) is 6.39. The summed E-state index contributed by atoms with van der Waals surface area (Å²) in [5.41, 5.74) is 3.58. The van der Waals surface area contributed by atoms with Crippen molar-refractivity contribution in [1.29, 1.82) is 0 Å². The molecule has 21 heavy (non-hydrogen) atoms. The summed E-state index contributed by atoms with van der Waals surface area (Å²) in [5, 5.41) is 18.2. The number of rotatable bonds is 2. The molecule has 0 saturated carbocycles. The smallest absolute Gasteiger partial charge is 0.150 e. The van der Waals surface area contributed by atoms with Crippen LogP contribution in [0.2, 0.25) is 0 Å². The van der Waals surface area contributed by atoms with Gasteiger partial charge in [0.15, 0.2) is 0 Å². The molecule has 0 heterocycles. The van der Waals surface area contributed by atoms with Gasteiger partial charge in [-0.25, -0.2) is 0 Å². The molecular formula is C17H18O4. The van der Waals surface area contributed by atoms with E-state index in [1.54, 1.807) is 32.0 Å². The minimum atomic E-state index is 0.227. The molecule has 2 N–H and O–H groups in total. The Bertz CT molecular complexity index is 660. The summed E-state index contributed by atoms with van der Waals surface area (Å²) >= 11 is 0. The topological polar surface area (TPSA) is 74.6 Å². The van der Waals surface area contributed by atoms with Gasteiger partial charge in [-0.15, -0.1) is 0 Å². The Morgan fingerprint density at radius 1 is 0.810 bits per heavy atom. The number of aromatic hydroxyl groups is 2. The Morgan fingerprint density at radius 2 is 1.43 bits per heavy atom. The summed E-state index contributed by atoms with van der Waals surface area (Å²) < 4.78 is 0. The van der Waals surface area contributed by atoms with E-state index in [1.165, 1.54) is 12.1 Å². The average Bonchev–Trinajstić information content (AvgIpc) is 2.48. The van der Waals surface area contributed by atoms with Crippen LogP contribution in [0.15, 0.2) is 30.3 Å². The van der Waals surface area contributed by atoms with Gasteiger partial charge in [0.05, 0.1) is 0 Å². The summed E-state index contributed by atoms with van der Waals surface area (Å²) in [6, 6.07) is 7.88. The fourth-order valence-corrected chi connectivity index (χ4v) is 1.71. The number of aryl methyl sites for hydroxylation is 1. The van der Waals surface area contributed by atoms with Crippen molar-refractivity contribution in [2.45, 2.75) is 20.8 Å². The Balaban J connectivity index is 0.000000211. The van der Waals surface area contributed by atoms with Gasteiger partial charge in [0.25, 0.3) is 0 Å². The second-order valence-electron chi connectivity index (χ2n) is 4.71. The van der Waals surface area contributed by atoms with E-state index in [1.807, 2.05) is 6.92 Å². The molecule has 110 valence electrons. The van der Waals surface area contributed by atoms with Gasteiger partial charge in [0.1, 0.15) is 24.1 Å². The van der Waals surface area contributed by atoms with Crippen LogP contribution in [0.1, 0.15) is 37.4 Å². The maximum atomic E-state index is 10.4. The molecule has 0 fully saturated rings. The number of hydrogen-bond donors (Lipinski definition) is 2. The monoisotopic (exact) mass is 286 g/mol. The molecule has 0 aliphatic heterocycles. The van der Waals surface area contributed by atoms with E-state index in [4.69, 9.17) is 5.11 Å². The standard InChI is InChI=1S/C9H10O2.C8H8O2/c1-6-7(2)9(11)4-3-8(6)5-10;1-6-4-7(5-9)2-3-8(6)10/h3-5,11H,1-2H3;2-5,10H,1H3. The van der Waals surface area contributed by atoms with Crippen LogP contribution in [0.3, 0.4) is 0 Å². The normalized spacial score (nSPS) is 9.48. The van der Waals surface area contributed by atoms with Crippen LogP contribution in [0.5, 0.6) is 11.5 Å². The van der Waals surface area contributed by atoms with Crippen molar-refractivity contribution in [3.05, 3.63) is 58.1 Å². The van der Waals surface area contributed by atoms with E-state index in [0.717, 1.165) is 29.3 Å². The fourth-order valence-electron chi connectivity index (χ4n) is 1.71. The van der Waals surface area contributed by atoms with Crippen LogP contribution in [0.25, 0.3) is 0 Å². The van der Waals surface area contributed by atoms with Crippen molar-refractivity contribution in [2.24, 2.45) is 0 Å². The van der Waals surface area contributed by atoms with Crippen molar-refractivity contribution in [3.63, 3.8) is 0 Å². The SMILES string of the molecule is Cc1c(O)ccc(C=O)c1C.Cc1cc(C=O)ccc1O. The van der Waals surface area contributed by atoms with Gasteiger partial charge in [-0.3, -0.25) is 9.59 Å². The number of hydrogen-bond acceptors (Lipinski definition) is 4. The van der Waals surface area contributed by atoms with Gasteiger partial charge < -0.3 is 10.2 Å². The minimum absolute atomic E-state index is 0.227.